The molecule has 0 unspecified atom stereocenters. The van der Waals surface area contributed by atoms with E-state index in [1.807, 2.05) is 4.90 Å². The first-order chi connectivity index (χ1) is 10.5. The Bertz CT molecular complexity index is 567. The minimum absolute atomic E-state index is 0.0390. The van der Waals surface area contributed by atoms with Gasteiger partial charge in [-0.25, -0.2) is 0 Å². The molecule has 0 radical (unpaired) electrons. The first-order valence-corrected chi connectivity index (χ1v) is 8.46. The Kier molecular flexibility index (Phi) is 4.69. The Morgan fingerprint density at radius 1 is 1.23 bits per heavy atom. The van der Waals surface area contributed by atoms with Crippen molar-refractivity contribution in [3.05, 3.63) is 21.9 Å². The Hall–Kier alpha value is -0.750. The molecule has 1 aliphatic heterocycles. The quantitative estimate of drug-likeness (QED) is 0.891. The lowest BCUT2D eigenvalue weighted by molar-refractivity contribution is 0.0311. The molecule has 3 rings (SSSR count). The Morgan fingerprint density at radius 2 is 1.91 bits per heavy atom. The third kappa shape index (κ3) is 2.87. The molecule has 1 aliphatic carbocycles. The summed E-state index contributed by atoms with van der Waals surface area (Å²) < 4.78 is 1.62. The molecule has 1 aromatic rings. The van der Waals surface area contributed by atoms with Crippen LogP contribution in [0, 0.1) is 0 Å². The van der Waals surface area contributed by atoms with E-state index in [1.54, 1.807) is 17.7 Å². The van der Waals surface area contributed by atoms with E-state index in [0.717, 1.165) is 32.4 Å². The van der Waals surface area contributed by atoms with E-state index < -0.39 is 0 Å². The second kappa shape index (κ2) is 6.40. The molecule has 0 aromatic carbocycles. The molecular formula is C15H21Cl2N3O2. The van der Waals surface area contributed by atoms with E-state index in [-0.39, 0.29) is 18.1 Å². The average molecular weight is 346 g/mol. The highest BCUT2D eigenvalue weighted by Gasteiger charge is 2.34. The van der Waals surface area contributed by atoms with Crippen LogP contribution in [0.15, 0.2) is 6.07 Å². The Labute approximate surface area is 140 Å². The summed E-state index contributed by atoms with van der Waals surface area (Å²) in [5.74, 6) is -0.0390. The van der Waals surface area contributed by atoms with Crippen molar-refractivity contribution < 1.29 is 9.90 Å². The van der Waals surface area contributed by atoms with Crippen LogP contribution in [0.2, 0.25) is 10.2 Å². The molecule has 2 atom stereocenters. The predicted molar refractivity (Wildman–Crippen MR) is 86.6 cm³/mol. The van der Waals surface area contributed by atoms with Gasteiger partial charge in [0.2, 0.25) is 0 Å². The van der Waals surface area contributed by atoms with Gasteiger partial charge in [-0.1, -0.05) is 23.2 Å². The highest BCUT2D eigenvalue weighted by Crippen LogP contribution is 2.27. The number of aliphatic hydroxyl groups excluding tert-OH is 1. The number of aliphatic hydroxyl groups is 1. The van der Waals surface area contributed by atoms with Crippen LogP contribution >= 0.6 is 23.2 Å². The molecule has 122 valence electrons. The van der Waals surface area contributed by atoms with E-state index in [4.69, 9.17) is 23.2 Å². The van der Waals surface area contributed by atoms with Crippen molar-refractivity contribution in [2.75, 3.05) is 26.2 Å². The van der Waals surface area contributed by atoms with Crippen molar-refractivity contribution in [1.82, 2.24) is 14.4 Å². The van der Waals surface area contributed by atoms with E-state index >= 15 is 0 Å². The minimum atomic E-state index is -0.215. The van der Waals surface area contributed by atoms with Crippen LogP contribution in [0.25, 0.3) is 0 Å². The molecule has 7 heteroatoms. The van der Waals surface area contributed by atoms with Crippen molar-refractivity contribution in [2.24, 2.45) is 7.05 Å². The molecule has 1 saturated heterocycles. The molecule has 2 fully saturated rings. The number of piperazine rings is 1. The Balaban J connectivity index is 1.63. The highest BCUT2D eigenvalue weighted by atomic mass is 35.5. The highest BCUT2D eigenvalue weighted by molar-refractivity contribution is 6.41. The van der Waals surface area contributed by atoms with Gasteiger partial charge in [0.25, 0.3) is 5.91 Å². The fourth-order valence-electron chi connectivity index (χ4n) is 3.51. The van der Waals surface area contributed by atoms with Crippen molar-refractivity contribution in [3.8, 4) is 0 Å². The zero-order chi connectivity index (χ0) is 15.9. The zero-order valence-electron chi connectivity index (χ0n) is 12.6. The third-order valence-corrected chi connectivity index (χ3v) is 5.69. The zero-order valence-corrected chi connectivity index (χ0v) is 14.1. The summed E-state index contributed by atoms with van der Waals surface area (Å²) in [6.45, 7) is 2.95. The maximum Gasteiger partial charge on any atom is 0.270 e. The number of hydrogen-bond acceptors (Lipinski definition) is 3. The van der Waals surface area contributed by atoms with Crippen molar-refractivity contribution >= 4 is 29.1 Å². The standard InChI is InChI=1S/C15H21Cl2N3O2/c1-18-12(9-10(16)14(18)17)15(22)20-7-5-19(6-8-20)11-3-2-4-13(11)21/h9,11,13,21H,2-8H2,1H3/t11-,13-/m0/s1. The lowest BCUT2D eigenvalue weighted by Gasteiger charge is -2.39. The monoisotopic (exact) mass is 345 g/mol. The summed E-state index contributed by atoms with van der Waals surface area (Å²) in [6, 6.07) is 1.88. The van der Waals surface area contributed by atoms with E-state index in [0.29, 0.717) is 29.0 Å². The van der Waals surface area contributed by atoms with Crippen LogP contribution in [-0.4, -0.2) is 63.7 Å². The second-order valence-corrected chi connectivity index (χ2v) is 6.89. The number of carbonyl (C=O) groups is 1. The average Bonchev–Trinajstić information content (AvgIpc) is 3.06. The Morgan fingerprint density at radius 3 is 2.41 bits per heavy atom. The summed E-state index contributed by atoms with van der Waals surface area (Å²) in [6.07, 6.45) is 2.82. The molecule has 2 aliphatic rings. The fraction of sp³-hybridized carbons (Fsp3) is 0.667. The molecule has 5 nitrogen and oxygen atoms in total. The molecule has 22 heavy (non-hydrogen) atoms. The van der Waals surface area contributed by atoms with Gasteiger partial charge in [-0.3, -0.25) is 9.69 Å². The number of aromatic nitrogens is 1. The molecular weight excluding hydrogens is 325 g/mol. The van der Waals surface area contributed by atoms with E-state index in [2.05, 4.69) is 4.90 Å². The number of rotatable bonds is 2. The van der Waals surface area contributed by atoms with Gasteiger partial charge in [0.05, 0.1) is 11.1 Å². The number of hydrogen-bond donors (Lipinski definition) is 1. The maximum atomic E-state index is 12.6. The van der Waals surface area contributed by atoms with Gasteiger partial charge in [0.15, 0.2) is 0 Å². The molecule has 0 spiro atoms. The molecule has 2 heterocycles. The topological polar surface area (TPSA) is 48.7 Å². The normalized spacial score (nSPS) is 26.6. The van der Waals surface area contributed by atoms with Gasteiger partial charge in [0, 0.05) is 39.3 Å². The third-order valence-electron chi connectivity index (χ3n) is 4.85. The molecule has 1 amide bonds. The summed E-state index contributed by atoms with van der Waals surface area (Å²) in [7, 11) is 1.74. The fourth-order valence-corrected chi connectivity index (χ4v) is 3.89. The van der Waals surface area contributed by atoms with Gasteiger partial charge in [-0.05, 0) is 25.3 Å². The lowest BCUT2D eigenvalue weighted by Crippen LogP contribution is -2.53. The van der Waals surface area contributed by atoms with Crippen LogP contribution in [-0.2, 0) is 7.05 Å². The van der Waals surface area contributed by atoms with Crippen LogP contribution in [0.4, 0.5) is 0 Å². The molecule has 1 aromatic heterocycles. The van der Waals surface area contributed by atoms with Crippen LogP contribution < -0.4 is 0 Å². The van der Waals surface area contributed by atoms with Crippen LogP contribution in [0.5, 0.6) is 0 Å². The van der Waals surface area contributed by atoms with Gasteiger partial charge < -0.3 is 14.6 Å². The molecule has 1 saturated carbocycles. The van der Waals surface area contributed by atoms with E-state index in [1.165, 1.54) is 0 Å². The number of carbonyl (C=O) groups excluding carboxylic acids is 1. The van der Waals surface area contributed by atoms with Crippen LogP contribution in [0.1, 0.15) is 29.8 Å². The van der Waals surface area contributed by atoms with E-state index in [9.17, 15) is 9.90 Å². The first kappa shape index (κ1) is 16.1. The predicted octanol–water partition coefficient (Wildman–Crippen LogP) is 2.00. The smallest absolute Gasteiger partial charge is 0.270 e. The van der Waals surface area contributed by atoms with Gasteiger partial charge >= 0.3 is 0 Å². The van der Waals surface area contributed by atoms with Crippen LogP contribution in [0.3, 0.4) is 0 Å². The summed E-state index contributed by atoms with van der Waals surface area (Å²) in [5.41, 5.74) is 0.518. The summed E-state index contributed by atoms with van der Waals surface area (Å²) >= 11 is 12.0. The van der Waals surface area contributed by atoms with Gasteiger partial charge in [-0.15, -0.1) is 0 Å². The lowest BCUT2D eigenvalue weighted by atomic mass is 10.1. The first-order valence-electron chi connectivity index (χ1n) is 7.71. The maximum absolute atomic E-state index is 12.6. The second-order valence-electron chi connectivity index (χ2n) is 6.12. The van der Waals surface area contributed by atoms with Gasteiger partial charge in [-0.2, -0.15) is 0 Å². The largest absolute Gasteiger partial charge is 0.391 e. The molecule has 0 bridgehead atoms. The number of amides is 1. The van der Waals surface area contributed by atoms with Gasteiger partial charge in [0.1, 0.15) is 10.8 Å². The minimum Gasteiger partial charge on any atom is -0.391 e. The summed E-state index contributed by atoms with van der Waals surface area (Å²) in [4.78, 5) is 16.7. The number of nitrogens with zero attached hydrogens (tertiary/aromatic N) is 3. The molecule has 1 N–H and O–H groups in total. The van der Waals surface area contributed by atoms with Crippen molar-refractivity contribution in [2.45, 2.75) is 31.4 Å². The van der Waals surface area contributed by atoms with Crippen molar-refractivity contribution in [3.63, 3.8) is 0 Å². The number of halogens is 2. The van der Waals surface area contributed by atoms with Crippen molar-refractivity contribution in [1.29, 1.82) is 0 Å². The SMILES string of the molecule is Cn1c(C(=O)N2CCN([C@H]3CCC[C@@H]3O)CC2)cc(Cl)c1Cl. The summed E-state index contributed by atoms with van der Waals surface area (Å²) in [5, 5.41) is 10.8.